The number of thiophene rings is 1. The molecule has 3 aromatic carbocycles. The number of halogens is 3. The zero-order valence-electron chi connectivity index (χ0n) is 17.2. The van der Waals surface area contributed by atoms with Gasteiger partial charge >= 0.3 is 0 Å². The smallest absolute Gasteiger partial charge is 0.143 e. The van der Waals surface area contributed by atoms with E-state index in [2.05, 4.69) is 48.7 Å². The molecule has 1 N–H and O–H groups in total. The monoisotopic (exact) mass is 557 g/mol. The molecule has 0 aliphatic heterocycles. The lowest BCUT2D eigenvalue weighted by Gasteiger charge is -2.10. The van der Waals surface area contributed by atoms with E-state index in [9.17, 15) is 0 Å². The Labute approximate surface area is 215 Å². The lowest BCUT2D eigenvalue weighted by Crippen LogP contribution is -1.97. The van der Waals surface area contributed by atoms with Gasteiger partial charge in [-0.1, -0.05) is 51.8 Å². The summed E-state index contributed by atoms with van der Waals surface area (Å²) in [5.41, 5.74) is 4.24. The van der Waals surface area contributed by atoms with E-state index in [0.717, 1.165) is 53.7 Å². The van der Waals surface area contributed by atoms with Gasteiger partial charge < -0.3 is 10.1 Å². The van der Waals surface area contributed by atoms with Gasteiger partial charge in [0.1, 0.15) is 29.3 Å². The summed E-state index contributed by atoms with van der Waals surface area (Å²) >= 11 is 11.0. The Kier molecular flexibility index (Phi) is 7.50. The first-order valence-corrected chi connectivity index (χ1v) is 11.9. The molecule has 0 aliphatic carbocycles. The maximum absolute atomic E-state index is 5.93. The predicted molar refractivity (Wildman–Crippen MR) is 143 cm³/mol. The summed E-state index contributed by atoms with van der Waals surface area (Å²) in [6.45, 7) is 0.488. The van der Waals surface area contributed by atoms with Gasteiger partial charge in [0.2, 0.25) is 0 Å². The van der Waals surface area contributed by atoms with Gasteiger partial charge in [-0.2, -0.15) is 0 Å². The van der Waals surface area contributed by atoms with Gasteiger partial charge in [0, 0.05) is 26.1 Å². The zero-order valence-corrected chi connectivity index (χ0v) is 21.1. The molecule has 0 fully saturated rings. The van der Waals surface area contributed by atoms with Crippen molar-refractivity contribution in [2.24, 2.45) is 0 Å². The minimum atomic E-state index is 0. The molecule has 33 heavy (non-hydrogen) atoms. The van der Waals surface area contributed by atoms with Crippen LogP contribution in [0.5, 0.6) is 5.75 Å². The Balaban J connectivity index is 0.00000259. The third-order valence-electron chi connectivity index (χ3n) is 4.96. The second kappa shape index (κ2) is 10.5. The van der Waals surface area contributed by atoms with Crippen LogP contribution in [0.4, 0.5) is 11.5 Å². The van der Waals surface area contributed by atoms with Gasteiger partial charge in [0.15, 0.2) is 0 Å². The molecule has 0 bridgehead atoms. The maximum Gasteiger partial charge on any atom is 0.143 e. The van der Waals surface area contributed by atoms with Crippen LogP contribution in [0, 0.1) is 0 Å². The maximum atomic E-state index is 5.93. The molecule has 166 valence electrons. The highest BCUT2D eigenvalue weighted by Crippen LogP contribution is 2.37. The molecule has 5 aromatic rings. The number of nitrogens with zero attached hydrogens (tertiary/aromatic N) is 2. The standard InChI is InChI=1S/C25H17BrClN3OS.ClH/c26-18-5-3-17(4-6-18)22-14-32-25-23(22)24(28-15-29-25)30-20-9-11-21(12-10-20)31-13-16-1-7-19(27)8-2-16;/h1-12,14-15H,13H2,(H,28,29,30);1H. The first-order valence-electron chi connectivity index (χ1n) is 9.88. The third kappa shape index (κ3) is 5.47. The highest BCUT2D eigenvalue weighted by atomic mass is 79.9. The number of fused-ring (bicyclic) bond motifs is 1. The molecule has 0 amide bonds. The topological polar surface area (TPSA) is 47.0 Å². The van der Waals surface area contributed by atoms with E-state index in [1.165, 1.54) is 0 Å². The van der Waals surface area contributed by atoms with Crippen LogP contribution >= 0.6 is 51.3 Å². The largest absolute Gasteiger partial charge is 0.489 e. The molecule has 0 spiro atoms. The van der Waals surface area contributed by atoms with E-state index in [1.54, 1.807) is 17.7 Å². The summed E-state index contributed by atoms with van der Waals surface area (Å²) < 4.78 is 6.93. The molecule has 0 unspecified atom stereocenters. The van der Waals surface area contributed by atoms with Gasteiger partial charge in [0.25, 0.3) is 0 Å². The van der Waals surface area contributed by atoms with Gasteiger partial charge in [-0.25, -0.2) is 9.97 Å². The normalized spacial score (nSPS) is 10.6. The quantitative estimate of drug-likeness (QED) is 0.227. The number of hydrogen-bond donors (Lipinski definition) is 1. The van der Waals surface area contributed by atoms with E-state index in [-0.39, 0.29) is 12.4 Å². The summed E-state index contributed by atoms with van der Waals surface area (Å²) in [6, 6.07) is 23.8. The summed E-state index contributed by atoms with van der Waals surface area (Å²) in [5.74, 6) is 1.58. The minimum absolute atomic E-state index is 0. The minimum Gasteiger partial charge on any atom is -0.489 e. The van der Waals surface area contributed by atoms with Crippen molar-refractivity contribution < 1.29 is 4.74 Å². The van der Waals surface area contributed by atoms with E-state index >= 15 is 0 Å². The molecule has 4 nitrogen and oxygen atoms in total. The van der Waals surface area contributed by atoms with Crippen molar-refractivity contribution in [2.75, 3.05) is 5.32 Å². The highest BCUT2D eigenvalue weighted by Gasteiger charge is 2.13. The van der Waals surface area contributed by atoms with E-state index < -0.39 is 0 Å². The second-order valence-corrected chi connectivity index (χ2v) is 9.33. The van der Waals surface area contributed by atoms with Gasteiger partial charge in [-0.05, 0) is 59.7 Å². The van der Waals surface area contributed by atoms with Crippen molar-refractivity contribution in [2.45, 2.75) is 6.61 Å². The molecule has 5 rings (SSSR count). The lowest BCUT2D eigenvalue weighted by molar-refractivity contribution is 0.306. The van der Waals surface area contributed by atoms with Crippen LogP contribution in [0.25, 0.3) is 21.3 Å². The first-order chi connectivity index (χ1) is 15.7. The Bertz CT molecular complexity index is 1360. The average molecular weight is 559 g/mol. The van der Waals surface area contributed by atoms with Crippen LogP contribution in [-0.2, 0) is 6.61 Å². The Morgan fingerprint density at radius 3 is 2.36 bits per heavy atom. The predicted octanol–water partition coefficient (Wildman–Crippen LogP) is 8.52. The molecule has 0 radical (unpaired) electrons. The number of hydrogen-bond acceptors (Lipinski definition) is 5. The van der Waals surface area contributed by atoms with Gasteiger partial charge in [0.05, 0.1) is 5.39 Å². The molecule has 0 saturated carbocycles. The molecule has 0 saturated heterocycles. The number of aromatic nitrogens is 2. The second-order valence-electron chi connectivity index (χ2n) is 7.12. The fourth-order valence-electron chi connectivity index (χ4n) is 3.33. The Morgan fingerprint density at radius 1 is 0.909 bits per heavy atom. The molecule has 0 aliphatic rings. The van der Waals surface area contributed by atoms with Crippen molar-refractivity contribution in [1.29, 1.82) is 0 Å². The van der Waals surface area contributed by atoms with Crippen LogP contribution in [0.1, 0.15) is 5.56 Å². The number of rotatable bonds is 6. The number of benzene rings is 3. The van der Waals surface area contributed by atoms with E-state index in [1.807, 2.05) is 60.7 Å². The molecule has 2 heterocycles. The van der Waals surface area contributed by atoms with Crippen LogP contribution in [-0.4, -0.2) is 9.97 Å². The molecular weight excluding hydrogens is 541 g/mol. The number of nitrogens with one attached hydrogen (secondary N) is 1. The average Bonchev–Trinajstić information content (AvgIpc) is 3.25. The number of ether oxygens (including phenoxy) is 1. The Hall–Kier alpha value is -2.64. The summed E-state index contributed by atoms with van der Waals surface area (Å²) in [6.07, 6.45) is 1.59. The van der Waals surface area contributed by atoms with Gasteiger partial charge in [-0.3, -0.25) is 0 Å². The summed E-state index contributed by atoms with van der Waals surface area (Å²) in [4.78, 5) is 9.91. The van der Waals surface area contributed by atoms with Crippen LogP contribution in [0.2, 0.25) is 5.02 Å². The SMILES string of the molecule is Cl.Clc1ccc(COc2ccc(Nc3ncnc4scc(-c5ccc(Br)cc5)c34)cc2)cc1. The molecular formula is C25H18BrCl2N3OS. The molecule has 2 aromatic heterocycles. The molecule has 8 heteroatoms. The third-order valence-corrected chi connectivity index (χ3v) is 6.63. The zero-order chi connectivity index (χ0) is 21.9. The van der Waals surface area contributed by atoms with E-state index in [4.69, 9.17) is 16.3 Å². The summed E-state index contributed by atoms with van der Waals surface area (Å²) in [7, 11) is 0. The lowest BCUT2D eigenvalue weighted by atomic mass is 10.1. The Morgan fingerprint density at radius 2 is 1.64 bits per heavy atom. The van der Waals surface area contributed by atoms with Crippen molar-refractivity contribution >= 4 is 73.0 Å². The molecule has 0 atom stereocenters. The fraction of sp³-hybridized carbons (Fsp3) is 0.0400. The highest BCUT2D eigenvalue weighted by molar-refractivity contribution is 9.10. The van der Waals surface area contributed by atoms with Crippen LogP contribution in [0.15, 0.2) is 89.0 Å². The van der Waals surface area contributed by atoms with Crippen LogP contribution in [0.3, 0.4) is 0 Å². The van der Waals surface area contributed by atoms with Crippen molar-refractivity contribution in [1.82, 2.24) is 9.97 Å². The van der Waals surface area contributed by atoms with Gasteiger partial charge in [-0.15, -0.1) is 23.7 Å². The van der Waals surface area contributed by atoms with Crippen molar-refractivity contribution in [3.63, 3.8) is 0 Å². The van der Waals surface area contributed by atoms with Crippen molar-refractivity contribution in [3.8, 4) is 16.9 Å². The summed E-state index contributed by atoms with van der Waals surface area (Å²) in [5, 5.41) is 7.30. The number of anilines is 2. The first kappa shape index (κ1) is 23.5. The van der Waals surface area contributed by atoms with Crippen LogP contribution < -0.4 is 10.1 Å². The van der Waals surface area contributed by atoms with Crippen molar-refractivity contribution in [3.05, 3.63) is 99.6 Å². The fourth-order valence-corrected chi connectivity index (χ4v) is 4.64. The van der Waals surface area contributed by atoms with E-state index in [0.29, 0.717) is 6.61 Å².